The van der Waals surface area contributed by atoms with Gasteiger partial charge in [-0.2, -0.15) is 0 Å². The van der Waals surface area contributed by atoms with Crippen LogP contribution in [0.4, 0.5) is 4.79 Å². The largest absolute Gasteiger partial charge is 0.448 e. The molecule has 0 unspecified atom stereocenters. The number of ether oxygens (including phenoxy) is 1. The van der Waals surface area contributed by atoms with Crippen LogP contribution in [0.1, 0.15) is 6.42 Å². The Morgan fingerprint density at radius 3 is 2.79 bits per heavy atom. The van der Waals surface area contributed by atoms with Gasteiger partial charge >= 0.3 is 6.09 Å². The molecule has 2 N–H and O–H groups in total. The van der Waals surface area contributed by atoms with Crippen LogP contribution in [0.3, 0.4) is 0 Å². The Morgan fingerprint density at radius 1 is 1.47 bits per heavy atom. The van der Waals surface area contributed by atoms with Crippen LogP contribution in [0.5, 0.6) is 0 Å². The fraction of sp³-hybridized carbons (Fsp3) is 0.909. The van der Waals surface area contributed by atoms with Crippen molar-refractivity contribution in [2.75, 3.05) is 51.4 Å². The van der Waals surface area contributed by atoms with Gasteiger partial charge in [0.05, 0.1) is 18.1 Å². The molecule has 0 aromatic carbocycles. The van der Waals surface area contributed by atoms with E-state index in [0.29, 0.717) is 26.1 Å². The van der Waals surface area contributed by atoms with Crippen LogP contribution >= 0.6 is 0 Å². The quantitative estimate of drug-likeness (QED) is 0.630. The molecule has 19 heavy (non-hydrogen) atoms. The van der Waals surface area contributed by atoms with Gasteiger partial charge in [0, 0.05) is 19.6 Å². The van der Waals surface area contributed by atoms with Crippen LogP contribution in [0, 0.1) is 5.92 Å². The monoisotopic (exact) mass is 294 g/mol. The van der Waals surface area contributed by atoms with Crippen molar-refractivity contribution in [3.63, 3.8) is 0 Å². The highest BCUT2D eigenvalue weighted by Gasteiger charge is 2.27. The van der Waals surface area contributed by atoms with Gasteiger partial charge in [-0.25, -0.2) is 13.2 Å². The van der Waals surface area contributed by atoms with Crippen LogP contribution in [0.15, 0.2) is 0 Å². The van der Waals surface area contributed by atoms with Gasteiger partial charge in [-0.3, -0.25) is 0 Å². The number of nitrogens with zero attached hydrogens (tertiary/aromatic N) is 1. The number of amides is 1. The van der Waals surface area contributed by atoms with Crippen molar-refractivity contribution in [2.24, 2.45) is 5.92 Å². The topological polar surface area (TPSA) is 95.9 Å². The highest BCUT2D eigenvalue weighted by Crippen LogP contribution is 2.17. The van der Waals surface area contributed by atoms with E-state index in [1.54, 1.807) is 0 Å². The Kier molecular flexibility index (Phi) is 6.53. The standard InChI is InChI=1S/C11H22N2O5S/c1-13(3-5-14)4-6-18-11(15)12-8-10-2-7-19(16,17)9-10/h10,14H,2-9H2,1H3,(H,12,15)/t10-/m0/s1. The van der Waals surface area contributed by atoms with Crippen molar-refractivity contribution in [1.29, 1.82) is 0 Å². The first-order chi connectivity index (χ1) is 8.93. The Morgan fingerprint density at radius 2 is 2.21 bits per heavy atom. The summed E-state index contributed by atoms with van der Waals surface area (Å²) in [5.74, 6) is 0.349. The van der Waals surface area contributed by atoms with E-state index in [1.807, 2.05) is 11.9 Å². The third kappa shape index (κ3) is 6.74. The molecule has 0 saturated carbocycles. The van der Waals surface area contributed by atoms with E-state index in [0.717, 1.165) is 0 Å². The second kappa shape index (κ2) is 7.66. The summed E-state index contributed by atoms with van der Waals surface area (Å²) < 4.78 is 27.4. The number of rotatable bonds is 7. The van der Waals surface area contributed by atoms with Gasteiger partial charge in [-0.05, 0) is 19.4 Å². The Bertz CT molecular complexity index is 385. The van der Waals surface area contributed by atoms with Gasteiger partial charge in [0.25, 0.3) is 0 Å². The normalized spacial score (nSPS) is 21.5. The molecule has 1 saturated heterocycles. The SMILES string of the molecule is CN(CCO)CCOC(=O)NC[C@@H]1CCS(=O)(=O)C1. The lowest BCUT2D eigenvalue weighted by atomic mass is 10.1. The zero-order valence-electron chi connectivity index (χ0n) is 11.2. The van der Waals surface area contributed by atoms with Crippen LogP contribution in [-0.4, -0.2) is 75.9 Å². The van der Waals surface area contributed by atoms with Gasteiger partial charge in [-0.1, -0.05) is 0 Å². The summed E-state index contributed by atoms with van der Waals surface area (Å²) in [7, 11) is -1.08. The minimum absolute atomic E-state index is 0.00499. The molecule has 0 bridgehead atoms. The number of carbonyl (C=O) groups is 1. The van der Waals surface area contributed by atoms with E-state index in [2.05, 4.69) is 5.32 Å². The van der Waals surface area contributed by atoms with Crippen LogP contribution < -0.4 is 5.32 Å². The number of alkyl carbamates (subject to hydrolysis) is 1. The Hall–Kier alpha value is -0.860. The van der Waals surface area contributed by atoms with E-state index in [-0.39, 0.29) is 30.6 Å². The van der Waals surface area contributed by atoms with Gasteiger partial charge in [0.1, 0.15) is 6.61 Å². The fourth-order valence-electron chi connectivity index (χ4n) is 1.89. The van der Waals surface area contributed by atoms with Crippen LogP contribution in [-0.2, 0) is 14.6 Å². The molecule has 1 fully saturated rings. The Labute approximate surface area is 113 Å². The molecule has 1 amide bonds. The fourth-order valence-corrected chi connectivity index (χ4v) is 3.75. The molecule has 0 radical (unpaired) electrons. The third-order valence-corrected chi connectivity index (χ3v) is 4.89. The zero-order chi connectivity index (χ0) is 14.3. The molecule has 1 aliphatic rings. The van der Waals surface area contributed by atoms with Gasteiger partial charge in [0.15, 0.2) is 9.84 Å². The molecule has 0 spiro atoms. The molecule has 1 aliphatic heterocycles. The zero-order valence-corrected chi connectivity index (χ0v) is 12.0. The maximum Gasteiger partial charge on any atom is 0.407 e. The highest BCUT2D eigenvalue weighted by atomic mass is 32.2. The molecule has 1 atom stereocenters. The highest BCUT2D eigenvalue weighted by molar-refractivity contribution is 7.91. The maximum atomic E-state index is 11.3. The molecule has 112 valence electrons. The molecular weight excluding hydrogens is 272 g/mol. The van der Waals surface area contributed by atoms with Crippen LogP contribution in [0.2, 0.25) is 0 Å². The summed E-state index contributed by atoms with van der Waals surface area (Å²) in [5.41, 5.74) is 0. The molecule has 1 heterocycles. The first-order valence-corrected chi connectivity index (χ1v) is 8.15. The van der Waals surface area contributed by atoms with Crippen molar-refractivity contribution < 1.29 is 23.1 Å². The van der Waals surface area contributed by atoms with E-state index in [9.17, 15) is 13.2 Å². The van der Waals surface area contributed by atoms with Gasteiger partial charge in [-0.15, -0.1) is 0 Å². The second-order valence-corrected chi connectivity index (χ2v) is 7.04. The number of hydrogen-bond donors (Lipinski definition) is 2. The average Bonchev–Trinajstić information content (AvgIpc) is 2.67. The minimum Gasteiger partial charge on any atom is -0.448 e. The molecule has 0 aliphatic carbocycles. The number of sulfone groups is 1. The number of hydrogen-bond acceptors (Lipinski definition) is 6. The summed E-state index contributed by atoms with van der Waals surface area (Å²) in [6.07, 6.45) is 0.0729. The smallest absolute Gasteiger partial charge is 0.407 e. The van der Waals surface area contributed by atoms with Crippen molar-refractivity contribution in [1.82, 2.24) is 10.2 Å². The van der Waals surface area contributed by atoms with Gasteiger partial charge in [0.2, 0.25) is 0 Å². The van der Waals surface area contributed by atoms with Crippen molar-refractivity contribution in [2.45, 2.75) is 6.42 Å². The summed E-state index contributed by atoms with van der Waals surface area (Å²) >= 11 is 0. The molecule has 0 aromatic heterocycles. The van der Waals surface area contributed by atoms with Crippen molar-refractivity contribution in [3.05, 3.63) is 0 Å². The van der Waals surface area contributed by atoms with Gasteiger partial charge < -0.3 is 20.1 Å². The predicted octanol–water partition coefficient (Wildman–Crippen LogP) is -0.929. The molecule has 1 rings (SSSR count). The lowest BCUT2D eigenvalue weighted by Gasteiger charge is -2.15. The molecular formula is C11H22N2O5S. The van der Waals surface area contributed by atoms with E-state index < -0.39 is 15.9 Å². The predicted molar refractivity (Wildman–Crippen MR) is 70.7 cm³/mol. The second-order valence-electron chi connectivity index (χ2n) is 4.81. The summed E-state index contributed by atoms with van der Waals surface area (Å²) in [6, 6.07) is 0. The van der Waals surface area contributed by atoms with E-state index >= 15 is 0 Å². The number of likely N-dealkylation sites (N-methyl/N-ethyl adjacent to an activating group) is 1. The number of nitrogens with one attached hydrogen (secondary N) is 1. The lowest BCUT2D eigenvalue weighted by molar-refractivity contribution is 0.126. The van der Waals surface area contributed by atoms with Crippen molar-refractivity contribution >= 4 is 15.9 Å². The molecule has 7 nitrogen and oxygen atoms in total. The average molecular weight is 294 g/mol. The lowest BCUT2D eigenvalue weighted by Crippen LogP contribution is -2.33. The maximum absolute atomic E-state index is 11.3. The summed E-state index contributed by atoms with van der Waals surface area (Å²) in [6.45, 7) is 1.73. The molecule has 0 aromatic rings. The number of aliphatic hydroxyl groups is 1. The minimum atomic E-state index is -2.90. The van der Waals surface area contributed by atoms with Crippen LogP contribution in [0.25, 0.3) is 0 Å². The van der Waals surface area contributed by atoms with Crippen molar-refractivity contribution in [3.8, 4) is 0 Å². The first kappa shape index (κ1) is 16.2. The summed E-state index contributed by atoms with van der Waals surface area (Å²) in [5, 5.41) is 11.3. The first-order valence-electron chi connectivity index (χ1n) is 6.33. The summed E-state index contributed by atoms with van der Waals surface area (Å²) in [4.78, 5) is 13.2. The third-order valence-electron chi connectivity index (χ3n) is 3.05. The molecule has 8 heteroatoms. The van der Waals surface area contributed by atoms with E-state index in [4.69, 9.17) is 9.84 Å². The van der Waals surface area contributed by atoms with E-state index in [1.165, 1.54) is 0 Å². The number of aliphatic hydroxyl groups excluding tert-OH is 1. The Balaban J connectivity index is 2.09. The number of carbonyl (C=O) groups excluding carboxylic acids is 1.